The van der Waals surface area contributed by atoms with Gasteiger partial charge in [-0.15, -0.1) is 0 Å². The van der Waals surface area contributed by atoms with E-state index in [1.807, 2.05) is 24.3 Å². The second kappa shape index (κ2) is 4.39. The number of hydrazine groups is 1. The lowest BCUT2D eigenvalue weighted by Crippen LogP contribution is -2.25. The summed E-state index contributed by atoms with van der Waals surface area (Å²) in [5.41, 5.74) is 7.33. The van der Waals surface area contributed by atoms with Gasteiger partial charge in [0.1, 0.15) is 0 Å². The van der Waals surface area contributed by atoms with Crippen molar-refractivity contribution in [3.05, 3.63) is 24.3 Å². The van der Waals surface area contributed by atoms with Crippen LogP contribution in [0.4, 0.5) is 11.4 Å². The number of benzene rings is 1. The Balaban J connectivity index is 2.76. The minimum absolute atomic E-state index is 0.449. The van der Waals surface area contributed by atoms with Crippen molar-refractivity contribution < 1.29 is 0 Å². The molecule has 4 N–H and O–H groups in total. The number of anilines is 2. The first-order valence-electron chi connectivity index (χ1n) is 4.17. The van der Waals surface area contributed by atoms with Gasteiger partial charge in [-0.3, -0.25) is 4.41 Å². The Hall–Kier alpha value is -0.870. The Kier molecular flexibility index (Phi) is 3.45. The number of nitrogens with zero attached hydrogens (tertiary/aromatic N) is 1. The number of rotatable bonds is 3. The molecule has 0 aromatic heterocycles. The van der Waals surface area contributed by atoms with Crippen LogP contribution in [0.15, 0.2) is 24.3 Å². The van der Waals surface area contributed by atoms with E-state index in [9.17, 15) is 0 Å². The van der Waals surface area contributed by atoms with Crippen molar-refractivity contribution in [3.63, 3.8) is 0 Å². The van der Waals surface area contributed by atoms with Crippen LogP contribution >= 0.6 is 11.9 Å². The highest BCUT2D eigenvalue weighted by Crippen LogP contribution is 2.26. The van der Waals surface area contributed by atoms with E-state index < -0.39 is 0 Å². The van der Waals surface area contributed by atoms with Gasteiger partial charge in [-0.1, -0.05) is 26.0 Å². The maximum atomic E-state index is 5.81. The monoisotopic (exact) mass is 197 g/mol. The van der Waals surface area contributed by atoms with Crippen molar-refractivity contribution in [1.29, 1.82) is 0 Å². The van der Waals surface area contributed by atoms with Crippen molar-refractivity contribution in [1.82, 2.24) is 0 Å². The van der Waals surface area contributed by atoms with E-state index in [-0.39, 0.29) is 0 Å². The lowest BCUT2D eigenvalue weighted by molar-refractivity contribution is 1.09. The Labute approximate surface area is 83.2 Å². The summed E-state index contributed by atoms with van der Waals surface area (Å²) in [7, 11) is 0. The molecule has 1 rings (SSSR count). The zero-order valence-corrected chi connectivity index (χ0v) is 8.71. The minimum Gasteiger partial charge on any atom is -0.397 e. The average Bonchev–Trinajstić information content (AvgIpc) is 2.03. The fourth-order valence-electron chi connectivity index (χ4n) is 0.972. The van der Waals surface area contributed by atoms with Gasteiger partial charge in [-0.2, -0.15) is 0 Å². The first-order valence-corrected chi connectivity index (χ1v) is 5.01. The van der Waals surface area contributed by atoms with Gasteiger partial charge >= 0.3 is 0 Å². The molecule has 0 aliphatic rings. The lowest BCUT2D eigenvalue weighted by atomic mass is 10.3. The highest BCUT2D eigenvalue weighted by Gasteiger charge is 2.07. The summed E-state index contributed by atoms with van der Waals surface area (Å²) in [6.45, 7) is 4.17. The normalized spacial score (nSPS) is 10.5. The molecule has 3 nitrogen and oxygen atoms in total. The summed E-state index contributed by atoms with van der Waals surface area (Å²) in [5, 5.41) is 0.449. The second-order valence-corrected chi connectivity index (χ2v) is 4.59. The Morgan fingerprint density at radius 3 is 2.46 bits per heavy atom. The van der Waals surface area contributed by atoms with Crippen LogP contribution in [0.1, 0.15) is 13.8 Å². The predicted molar refractivity (Wildman–Crippen MR) is 60.2 cm³/mol. The Morgan fingerprint density at radius 1 is 1.31 bits per heavy atom. The van der Waals surface area contributed by atoms with E-state index >= 15 is 0 Å². The molecular weight excluding hydrogens is 182 g/mol. The maximum absolute atomic E-state index is 5.81. The van der Waals surface area contributed by atoms with E-state index in [1.165, 1.54) is 0 Å². The van der Waals surface area contributed by atoms with Gasteiger partial charge in [0.15, 0.2) is 0 Å². The first-order chi connectivity index (χ1) is 6.11. The molecule has 0 fully saturated rings. The van der Waals surface area contributed by atoms with Crippen LogP contribution in [-0.2, 0) is 0 Å². The topological polar surface area (TPSA) is 55.3 Å². The van der Waals surface area contributed by atoms with Gasteiger partial charge in [-0.25, -0.2) is 5.84 Å². The SMILES string of the molecule is CC(C)SN(N)c1ccccc1N. The smallest absolute Gasteiger partial charge is 0.0874 e. The van der Waals surface area contributed by atoms with Gasteiger partial charge in [0.25, 0.3) is 0 Å². The van der Waals surface area contributed by atoms with Crippen molar-refractivity contribution in [2.45, 2.75) is 19.1 Å². The predicted octanol–water partition coefficient (Wildman–Crippen LogP) is 2.01. The van der Waals surface area contributed by atoms with Crippen molar-refractivity contribution in [2.75, 3.05) is 10.1 Å². The van der Waals surface area contributed by atoms with Crippen LogP contribution < -0.4 is 16.0 Å². The Bertz CT molecular complexity index is 275. The third kappa shape index (κ3) is 2.82. The molecule has 0 aliphatic heterocycles. The summed E-state index contributed by atoms with van der Waals surface area (Å²) in [6.07, 6.45) is 0. The molecule has 1 aromatic carbocycles. The molecule has 0 saturated carbocycles. The van der Waals surface area contributed by atoms with E-state index in [0.29, 0.717) is 10.9 Å². The lowest BCUT2D eigenvalue weighted by Gasteiger charge is -2.20. The zero-order valence-electron chi connectivity index (χ0n) is 7.90. The number of nitrogen functional groups attached to an aromatic ring is 1. The summed E-state index contributed by atoms with van der Waals surface area (Å²) in [4.78, 5) is 0. The van der Waals surface area contributed by atoms with Crippen molar-refractivity contribution >= 4 is 23.3 Å². The summed E-state index contributed by atoms with van der Waals surface area (Å²) in [5.74, 6) is 5.81. The quantitative estimate of drug-likeness (QED) is 0.337. The molecule has 0 bridgehead atoms. The molecule has 0 saturated heterocycles. The molecule has 1 aromatic rings. The molecule has 4 heteroatoms. The second-order valence-electron chi connectivity index (χ2n) is 3.04. The highest BCUT2D eigenvalue weighted by atomic mass is 32.2. The molecule has 0 radical (unpaired) electrons. The van der Waals surface area contributed by atoms with Crippen LogP contribution in [0.25, 0.3) is 0 Å². The van der Waals surface area contributed by atoms with Gasteiger partial charge in [0.2, 0.25) is 0 Å². The van der Waals surface area contributed by atoms with Gasteiger partial charge < -0.3 is 5.73 Å². The molecule has 13 heavy (non-hydrogen) atoms. The summed E-state index contributed by atoms with van der Waals surface area (Å²) in [6, 6.07) is 7.57. The van der Waals surface area contributed by atoms with Gasteiger partial charge in [-0.05, 0) is 24.1 Å². The third-order valence-electron chi connectivity index (χ3n) is 1.50. The third-order valence-corrected chi connectivity index (χ3v) is 2.34. The average molecular weight is 197 g/mol. The van der Waals surface area contributed by atoms with Crippen molar-refractivity contribution in [2.24, 2.45) is 5.84 Å². The number of nitrogens with two attached hydrogens (primary N) is 2. The molecule has 0 spiro atoms. The van der Waals surface area contributed by atoms with Gasteiger partial charge in [0, 0.05) is 5.25 Å². The standard InChI is InChI=1S/C9H15N3S/c1-7(2)13-12(11)9-6-4-3-5-8(9)10/h3-7H,10-11H2,1-2H3. The van der Waals surface area contributed by atoms with Crippen LogP contribution in [-0.4, -0.2) is 5.25 Å². The maximum Gasteiger partial charge on any atom is 0.0874 e. The highest BCUT2D eigenvalue weighted by molar-refractivity contribution is 8.01. The van der Waals surface area contributed by atoms with E-state index in [4.69, 9.17) is 11.6 Å². The number of para-hydroxylation sites is 2. The van der Waals surface area contributed by atoms with E-state index in [0.717, 1.165) is 5.69 Å². The number of hydrogen-bond acceptors (Lipinski definition) is 4. The van der Waals surface area contributed by atoms with E-state index in [1.54, 1.807) is 16.4 Å². The first kappa shape index (κ1) is 10.2. The molecular formula is C9H15N3S. The van der Waals surface area contributed by atoms with Crippen LogP contribution in [0.2, 0.25) is 0 Å². The molecule has 0 heterocycles. The molecule has 0 atom stereocenters. The fraction of sp³-hybridized carbons (Fsp3) is 0.333. The minimum atomic E-state index is 0.449. The fourth-order valence-corrected chi connectivity index (χ4v) is 1.71. The molecule has 0 amide bonds. The van der Waals surface area contributed by atoms with Crippen LogP contribution in [0.5, 0.6) is 0 Å². The number of hydrogen-bond donors (Lipinski definition) is 2. The largest absolute Gasteiger partial charge is 0.397 e. The molecule has 0 unspecified atom stereocenters. The summed E-state index contributed by atoms with van der Waals surface area (Å²) >= 11 is 1.55. The molecule has 72 valence electrons. The van der Waals surface area contributed by atoms with E-state index in [2.05, 4.69) is 13.8 Å². The van der Waals surface area contributed by atoms with Crippen LogP contribution in [0.3, 0.4) is 0 Å². The van der Waals surface area contributed by atoms with Gasteiger partial charge in [0.05, 0.1) is 11.4 Å². The zero-order chi connectivity index (χ0) is 9.84. The van der Waals surface area contributed by atoms with Crippen molar-refractivity contribution in [3.8, 4) is 0 Å². The summed E-state index contributed by atoms with van der Waals surface area (Å²) < 4.78 is 1.61. The molecule has 0 aliphatic carbocycles. The Morgan fingerprint density at radius 2 is 1.92 bits per heavy atom. The van der Waals surface area contributed by atoms with Crippen LogP contribution in [0, 0.1) is 0 Å².